The fourth-order valence-corrected chi connectivity index (χ4v) is 3.52. The van der Waals surface area contributed by atoms with E-state index in [0.29, 0.717) is 12.1 Å². The Kier molecular flexibility index (Phi) is 6.71. The lowest BCUT2D eigenvalue weighted by atomic mass is 10.0. The molecular formula is C23H28N2O3. The van der Waals surface area contributed by atoms with Crippen LogP contribution in [-0.2, 0) is 4.79 Å². The summed E-state index contributed by atoms with van der Waals surface area (Å²) in [7, 11) is 1.67. The summed E-state index contributed by atoms with van der Waals surface area (Å²) in [5, 5.41) is 3.10. The number of nitrogens with zero attached hydrogens (tertiary/aromatic N) is 1. The number of hydrogen-bond acceptors (Lipinski definition) is 4. The van der Waals surface area contributed by atoms with Gasteiger partial charge in [0.15, 0.2) is 0 Å². The predicted molar refractivity (Wildman–Crippen MR) is 112 cm³/mol. The maximum Gasteiger partial charge on any atom is 0.250 e. The van der Waals surface area contributed by atoms with Crippen molar-refractivity contribution >= 4 is 12.0 Å². The molecule has 5 nitrogen and oxygen atoms in total. The molecule has 0 spiro atoms. The number of carbonyl (C=O) groups is 1. The maximum absolute atomic E-state index is 12.8. The molecule has 0 aromatic heterocycles. The fraction of sp³-hybridized carbons (Fsp3) is 0.348. The van der Waals surface area contributed by atoms with Gasteiger partial charge in [0.2, 0.25) is 0 Å². The Morgan fingerprint density at radius 3 is 2.71 bits per heavy atom. The van der Waals surface area contributed by atoms with Gasteiger partial charge in [-0.2, -0.15) is 0 Å². The number of likely N-dealkylation sites (N-methyl/N-ethyl adjacent to an activating group) is 1. The molecule has 148 valence electrons. The lowest BCUT2D eigenvalue weighted by Crippen LogP contribution is -2.39. The van der Waals surface area contributed by atoms with Crippen molar-refractivity contribution in [2.75, 3.05) is 33.4 Å². The van der Waals surface area contributed by atoms with Gasteiger partial charge in [-0.1, -0.05) is 44.2 Å². The number of amides is 1. The number of ether oxygens (including phenoxy) is 2. The van der Waals surface area contributed by atoms with E-state index in [2.05, 4.69) is 30.1 Å². The number of nitrogens with one attached hydrogen (secondary N) is 1. The summed E-state index contributed by atoms with van der Waals surface area (Å²) >= 11 is 0. The van der Waals surface area contributed by atoms with Crippen molar-refractivity contribution in [3.05, 3.63) is 65.2 Å². The zero-order valence-corrected chi connectivity index (χ0v) is 16.8. The minimum absolute atomic E-state index is 0.0754. The molecule has 3 rings (SSSR count). The quantitative estimate of drug-likeness (QED) is 0.759. The summed E-state index contributed by atoms with van der Waals surface area (Å²) in [6.45, 7) is 6.87. The van der Waals surface area contributed by atoms with Crippen LogP contribution in [0.25, 0.3) is 6.08 Å². The van der Waals surface area contributed by atoms with E-state index in [1.54, 1.807) is 7.11 Å². The van der Waals surface area contributed by atoms with Gasteiger partial charge < -0.3 is 14.8 Å². The van der Waals surface area contributed by atoms with Gasteiger partial charge in [0.25, 0.3) is 5.91 Å². The van der Waals surface area contributed by atoms with Gasteiger partial charge in [0.1, 0.15) is 18.1 Å². The number of benzene rings is 2. The zero-order chi connectivity index (χ0) is 19.9. The van der Waals surface area contributed by atoms with Gasteiger partial charge in [-0.05, 0) is 42.9 Å². The Labute approximate surface area is 167 Å². The third-order valence-electron chi connectivity index (χ3n) is 5.11. The summed E-state index contributed by atoms with van der Waals surface area (Å²) in [4.78, 5) is 15.1. The molecule has 1 N–H and O–H groups in total. The van der Waals surface area contributed by atoms with Crippen LogP contribution in [-0.4, -0.2) is 44.2 Å². The average molecular weight is 380 g/mol. The van der Waals surface area contributed by atoms with Crippen LogP contribution >= 0.6 is 0 Å². The molecule has 1 atom stereocenters. The highest BCUT2D eigenvalue weighted by molar-refractivity contribution is 5.99. The first-order valence-corrected chi connectivity index (χ1v) is 9.74. The number of methoxy groups -OCH3 is 1. The fourth-order valence-electron chi connectivity index (χ4n) is 3.52. The van der Waals surface area contributed by atoms with Gasteiger partial charge in [0, 0.05) is 12.1 Å². The predicted octanol–water partition coefficient (Wildman–Crippen LogP) is 3.67. The first-order chi connectivity index (χ1) is 13.7. The second-order valence-electron chi connectivity index (χ2n) is 6.72. The zero-order valence-electron chi connectivity index (χ0n) is 16.8. The van der Waals surface area contributed by atoms with Crippen LogP contribution in [0.1, 0.15) is 31.0 Å². The molecule has 0 radical (unpaired) electrons. The average Bonchev–Trinajstić information content (AvgIpc) is 2.76. The highest BCUT2D eigenvalue weighted by Gasteiger charge is 2.22. The third kappa shape index (κ3) is 4.54. The molecule has 1 heterocycles. The van der Waals surface area contributed by atoms with Crippen molar-refractivity contribution in [2.45, 2.75) is 19.9 Å². The van der Waals surface area contributed by atoms with Crippen molar-refractivity contribution < 1.29 is 14.3 Å². The van der Waals surface area contributed by atoms with E-state index in [0.717, 1.165) is 35.7 Å². The smallest absolute Gasteiger partial charge is 0.250 e. The molecular weight excluding hydrogens is 352 g/mol. The molecule has 1 unspecified atom stereocenters. The summed E-state index contributed by atoms with van der Waals surface area (Å²) in [5.74, 6) is 1.55. The van der Waals surface area contributed by atoms with E-state index in [1.165, 1.54) is 0 Å². The standard InChI is InChI=1S/C23H28N2O3/c1-4-25(5-2)21(17-10-8-11-20(14-17)27-3)15-24-23(26)19-13-18-9-6-7-12-22(18)28-16-19/h6-14,21H,4-5,15-16H2,1-3H3,(H,24,26). The Bertz CT molecular complexity index is 843. The SMILES string of the molecule is CCN(CC)C(CNC(=O)C1=Cc2ccccc2OC1)c1cccc(OC)c1. The number of fused-ring (bicyclic) bond motifs is 1. The second kappa shape index (κ2) is 9.42. The van der Waals surface area contributed by atoms with E-state index in [-0.39, 0.29) is 18.6 Å². The Morgan fingerprint density at radius 1 is 1.18 bits per heavy atom. The van der Waals surface area contributed by atoms with Crippen LogP contribution in [0.15, 0.2) is 54.1 Å². The molecule has 2 aromatic carbocycles. The molecule has 1 aliphatic heterocycles. The highest BCUT2D eigenvalue weighted by Crippen LogP contribution is 2.26. The minimum atomic E-state index is -0.0884. The number of hydrogen-bond donors (Lipinski definition) is 1. The van der Waals surface area contributed by atoms with Crippen molar-refractivity contribution in [2.24, 2.45) is 0 Å². The summed E-state index contributed by atoms with van der Waals surface area (Å²) < 4.78 is 11.1. The Balaban J connectivity index is 1.74. The minimum Gasteiger partial charge on any atom is -0.497 e. The lowest BCUT2D eigenvalue weighted by Gasteiger charge is -2.30. The Morgan fingerprint density at radius 2 is 1.96 bits per heavy atom. The van der Waals surface area contributed by atoms with E-state index in [4.69, 9.17) is 9.47 Å². The van der Waals surface area contributed by atoms with Crippen molar-refractivity contribution in [3.63, 3.8) is 0 Å². The molecule has 0 aliphatic carbocycles. The van der Waals surface area contributed by atoms with E-state index < -0.39 is 0 Å². The van der Waals surface area contributed by atoms with Gasteiger partial charge >= 0.3 is 0 Å². The van der Waals surface area contributed by atoms with E-state index in [1.807, 2.05) is 48.5 Å². The highest BCUT2D eigenvalue weighted by atomic mass is 16.5. The lowest BCUT2D eigenvalue weighted by molar-refractivity contribution is -0.118. The molecule has 2 aromatic rings. The normalized spacial score (nSPS) is 13.9. The Hall–Kier alpha value is -2.79. The van der Waals surface area contributed by atoms with Gasteiger partial charge in [-0.15, -0.1) is 0 Å². The monoisotopic (exact) mass is 380 g/mol. The first kappa shape index (κ1) is 20.0. The topological polar surface area (TPSA) is 50.8 Å². The maximum atomic E-state index is 12.8. The van der Waals surface area contributed by atoms with Crippen molar-refractivity contribution in [1.29, 1.82) is 0 Å². The van der Waals surface area contributed by atoms with Crippen molar-refractivity contribution in [3.8, 4) is 11.5 Å². The molecule has 28 heavy (non-hydrogen) atoms. The van der Waals surface area contributed by atoms with Gasteiger partial charge in [0.05, 0.1) is 18.7 Å². The largest absolute Gasteiger partial charge is 0.497 e. The second-order valence-corrected chi connectivity index (χ2v) is 6.72. The summed E-state index contributed by atoms with van der Waals surface area (Å²) in [6.07, 6.45) is 1.91. The van der Waals surface area contributed by atoms with Crippen LogP contribution in [0.2, 0.25) is 0 Å². The van der Waals surface area contributed by atoms with Gasteiger partial charge in [-0.25, -0.2) is 0 Å². The molecule has 5 heteroatoms. The van der Waals surface area contributed by atoms with Crippen LogP contribution in [0.5, 0.6) is 11.5 Å². The van der Waals surface area contributed by atoms with Crippen LogP contribution in [0.3, 0.4) is 0 Å². The number of rotatable bonds is 8. The molecule has 0 bridgehead atoms. The molecule has 0 saturated heterocycles. The molecule has 0 saturated carbocycles. The molecule has 1 aliphatic rings. The van der Waals surface area contributed by atoms with Crippen LogP contribution in [0.4, 0.5) is 0 Å². The number of para-hydroxylation sites is 1. The van der Waals surface area contributed by atoms with Gasteiger partial charge in [-0.3, -0.25) is 9.69 Å². The van der Waals surface area contributed by atoms with Crippen molar-refractivity contribution in [1.82, 2.24) is 10.2 Å². The summed E-state index contributed by atoms with van der Waals surface area (Å²) in [5.41, 5.74) is 2.71. The summed E-state index contributed by atoms with van der Waals surface area (Å²) in [6, 6.07) is 15.9. The van der Waals surface area contributed by atoms with E-state index in [9.17, 15) is 4.79 Å². The number of carbonyl (C=O) groups excluding carboxylic acids is 1. The molecule has 1 amide bonds. The molecule has 0 fully saturated rings. The van der Waals surface area contributed by atoms with Crippen LogP contribution < -0.4 is 14.8 Å². The third-order valence-corrected chi connectivity index (χ3v) is 5.11. The first-order valence-electron chi connectivity index (χ1n) is 9.74. The van der Waals surface area contributed by atoms with E-state index >= 15 is 0 Å². The van der Waals surface area contributed by atoms with Crippen LogP contribution in [0, 0.1) is 0 Å².